The highest BCUT2D eigenvalue weighted by Crippen LogP contribution is 2.31. The Kier molecular flexibility index (Phi) is 3.19. The summed E-state index contributed by atoms with van der Waals surface area (Å²) in [7, 11) is 0. The average Bonchev–Trinajstić information content (AvgIpc) is 2.90. The van der Waals surface area contributed by atoms with Gasteiger partial charge in [-0.05, 0) is 37.5 Å². The maximum atomic E-state index is 4.30. The molecule has 0 amide bonds. The van der Waals surface area contributed by atoms with Gasteiger partial charge < -0.3 is 9.88 Å². The van der Waals surface area contributed by atoms with Gasteiger partial charge in [0.05, 0.1) is 12.0 Å². The standard InChI is InChI=1S/C14H23N3/c1-11-2-3-12(6-11)9-17-10-15-7-14(17)8-16-13-4-5-13/h7,10-13,16H,2-6,8-9H2,1H3. The normalized spacial score (nSPS) is 28.8. The van der Waals surface area contributed by atoms with Crippen LogP contribution < -0.4 is 5.32 Å². The van der Waals surface area contributed by atoms with Gasteiger partial charge in [0.15, 0.2) is 0 Å². The molecule has 0 aliphatic heterocycles. The predicted octanol–water partition coefficient (Wildman–Crippen LogP) is 2.57. The molecule has 2 aliphatic rings. The molecule has 0 saturated heterocycles. The summed E-state index contributed by atoms with van der Waals surface area (Å²) in [6, 6.07) is 0.782. The largest absolute Gasteiger partial charge is 0.333 e. The number of nitrogens with zero attached hydrogens (tertiary/aromatic N) is 2. The van der Waals surface area contributed by atoms with E-state index in [0.717, 1.165) is 24.4 Å². The molecule has 2 atom stereocenters. The van der Waals surface area contributed by atoms with E-state index in [2.05, 4.69) is 21.8 Å². The molecule has 2 saturated carbocycles. The molecule has 3 rings (SSSR count). The number of hydrogen-bond donors (Lipinski definition) is 1. The maximum absolute atomic E-state index is 4.30. The predicted molar refractivity (Wildman–Crippen MR) is 68.6 cm³/mol. The topological polar surface area (TPSA) is 29.9 Å². The highest BCUT2D eigenvalue weighted by Gasteiger charge is 2.23. The van der Waals surface area contributed by atoms with Gasteiger partial charge in [-0.25, -0.2) is 4.98 Å². The Morgan fingerprint density at radius 2 is 2.24 bits per heavy atom. The molecule has 1 N–H and O–H groups in total. The molecule has 0 radical (unpaired) electrons. The van der Waals surface area contributed by atoms with E-state index in [4.69, 9.17) is 0 Å². The SMILES string of the molecule is CC1CCC(Cn2cncc2CNC2CC2)C1. The van der Waals surface area contributed by atoms with Gasteiger partial charge in [-0.3, -0.25) is 0 Å². The van der Waals surface area contributed by atoms with Crippen LogP contribution in [-0.4, -0.2) is 15.6 Å². The number of rotatable bonds is 5. The highest BCUT2D eigenvalue weighted by atomic mass is 15.1. The van der Waals surface area contributed by atoms with Crippen molar-refractivity contribution in [2.45, 2.75) is 58.2 Å². The lowest BCUT2D eigenvalue weighted by molar-refractivity contribution is 0.430. The minimum absolute atomic E-state index is 0.782. The van der Waals surface area contributed by atoms with Crippen LogP contribution in [0.1, 0.15) is 44.7 Å². The van der Waals surface area contributed by atoms with E-state index < -0.39 is 0 Å². The van der Waals surface area contributed by atoms with E-state index in [1.807, 2.05) is 12.5 Å². The molecular weight excluding hydrogens is 210 g/mol. The van der Waals surface area contributed by atoms with Crippen molar-refractivity contribution in [2.75, 3.05) is 0 Å². The van der Waals surface area contributed by atoms with E-state index in [1.54, 1.807) is 0 Å². The minimum Gasteiger partial charge on any atom is -0.333 e. The number of nitrogens with one attached hydrogen (secondary N) is 1. The van der Waals surface area contributed by atoms with Crippen LogP contribution in [-0.2, 0) is 13.1 Å². The first kappa shape index (κ1) is 11.3. The molecule has 2 fully saturated rings. The zero-order chi connectivity index (χ0) is 11.7. The van der Waals surface area contributed by atoms with E-state index in [9.17, 15) is 0 Å². The molecule has 0 bridgehead atoms. The van der Waals surface area contributed by atoms with Crippen molar-refractivity contribution in [1.29, 1.82) is 0 Å². The first-order valence-electron chi connectivity index (χ1n) is 7.03. The second-order valence-electron chi connectivity index (χ2n) is 5.98. The molecule has 2 unspecified atom stereocenters. The van der Waals surface area contributed by atoms with Crippen molar-refractivity contribution < 1.29 is 0 Å². The third kappa shape index (κ3) is 2.89. The molecule has 0 aromatic carbocycles. The van der Waals surface area contributed by atoms with Crippen LogP contribution in [0.3, 0.4) is 0 Å². The summed E-state index contributed by atoms with van der Waals surface area (Å²) in [4.78, 5) is 4.30. The molecule has 3 nitrogen and oxygen atoms in total. The van der Waals surface area contributed by atoms with Gasteiger partial charge in [-0.1, -0.05) is 13.3 Å². The average molecular weight is 233 g/mol. The van der Waals surface area contributed by atoms with Crippen LogP contribution in [0, 0.1) is 11.8 Å². The van der Waals surface area contributed by atoms with Crippen molar-refractivity contribution in [3.8, 4) is 0 Å². The number of aromatic nitrogens is 2. The summed E-state index contributed by atoms with van der Waals surface area (Å²) in [5.41, 5.74) is 1.36. The minimum atomic E-state index is 0.782. The van der Waals surface area contributed by atoms with Gasteiger partial charge in [0, 0.05) is 25.3 Å². The lowest BCUT2D eigenvalue weighted by Crippen LogP contribution is -2.19. The van der Waals surface area contributed by atoms with Crippen LogP contribution in [0.2, 0.25) is 0 Å². The zero-order valence-corrected chi connectivity index (χ0v) is 10.7. The second-order valence-corrected chi connectivity index (χ2v) is 5.98. The first-order chi connectivity index (χ1) is 8.31. The van der Waals surface area contributed by atoms with E-state index in [0.29, 0.717) is 0 Å². The van der Waals surface area contributed by atoms with Crippen molar-refractivity contribution >= 4 is 0 Å². The van der Waals surface area contributed by atoms with E-state index in [1.165, 1.54) is 44.3 Å². The molecule has 0 spiro atoms. The van der Waals surface area contributed by atoms with Gasteiger partial charge in [0.25, 0.3) is 0 Å². The summed E-state index contributed by atoms with van der Waals surface area (Å²) in [5, 5.41) is 3.57. The lowest BCUT2D eigenvalue weighted by atomic mass is 10.1. The third-order valence-electron chi connectivity index (χ3n) is 4.21. The summed E-state index contributed by atoms with van der Waals surface area (Å²) < 4.78 is 2.36. The Bertz CT molecular complexity index is 367. The fraction of sp³-hybridized carbons (Fsp3) is 0.786. The Morgan fingerprint density at radius 1 is 1.35 bits per heavy atom. The summed E-state index contributed by atoms with van der Waals surface area (Å²) in [5.74, 6) is 1.80. The Labute approximate surface area is 104 Å². The zero-order valence-electron chi connectivity index (χ0n) is 10.7. The molecular formula is C14H23N3. The van der Waals surface area contributed by atoms with Gasteiger partial charge >= 0.3 is 0 Å². The van der Waals surface area contributed by atoms with E-state index in [-0.39, 0.29) is 0 Å². The summed E-state index contributed by atoms with van der Waals surface area (Å²) in [6.07, 6.45) is 10.9. The Hall–Kier alpha value is -0.830. The molecule has 17 heavy (non-hydrogen) atoms. The van der Waals surface area contributed by atoms with Crippen molar-refractivity contribution in [3.63, 3.8) is 0 Å². The molecule has 2 aliphatic carbocycles. The molecule has 1 aromatic rings. The van der Waals surface area contributed by atoms with E-state index >= 15 is 0 Å². The van der Waals surface area contributed by atoms with Gasteiger partial charge in [-0.15, -0.1) is 0 Å². The smallest absolute Gasteiger partial charge is 0.0948 e. The van der Waals surface area contributed by atoms with Crippen LogP contribution in [0.5, 0.6) is 0 Å². The van der Waals surface area contributed by atoms with Crippen LogP contribution in [0.15, 0.2) is 12.5 Å². The van der Waals surface area contributed by atoms with Crippen molar-refractivity contribution in [1.82, 2.24) is 14.9 Å². The number of imidazole rings is 1. The second kappa shape index (κ2) is 4.81. The monoisotopic (exact) mass is 233 g/mol. The Morgan fingerprint density at radius 3 is 2.94 bits per heavy atom. The van der Waals surface area contributed by atoms with Crippen molar-refractivity contribution in [3.05, 3.63) is 18.2 Å². The summed E-state index contributed by atoms with van der Waals surface area (Å²) >= 11 is 0. The lowest BCUT2D eigenvalue weighted by Gasteiger charge is -2.13. The molecule has 3 heteroatoms. The van der Waals surface area contributed by atoms with Gasteiger partial charge in [-0.2, -0.15) is 0 Å². The molecule has 1 aromatic heterocycles. The highest BCUT2D eigenvalue weighted by molar-refractivity contribution is 5.00. The van der Waals surface area contributed by atoms with Gasteiger partial charge in [0.2, 0.25) is 0 Å². The summed E-state index contributed by atoms with van der Waals surface area (Å²) in [6.45, 7) is 4.54. The number of hydrogen-bond acceptors (Lipinski definition) is 2. The molecule has 1 heterocycles. The fourth-order valence-corrected chi connectivity index (χ4v) is 2.97. The Balaban J connectivity index is 1.56. The van der Waals surface area contributed by atoms with Crippen LogP contribution in [0.4, 0.5) is 0 Å². The quantitative estimate of drug-likeness (QED) is 0.847. The van der Waals surface area contributed by atoms with Crippen molar-refractivity contribution in [2.24, 2.45) is 11.8 Å². The van der Waals surface area contributed by atoms with Crippen LogP contribution >= 0.6 is 0 Å². The molecule has 94 valence electrons. The van der Waals surface area contributed by atoms with Crippen LogP contribution in [0.25, 0.3) is 0 Å². The third-order valence-corrected chi connectivity index (χ3v) is 4.21. The fourth-order valence-electron chi connectivity index (χ4n) is 2.97. The first-order valence-corrected chi connectivity index (χ1v) is 7.03. The van der Waals surface area contributed by atoms with Gasteiger partial charge in [0.1, 0.15) is 0 Å². The maximum Gasteiger partial charge on any atom is 0.0948 e.